The summed E-state index contributed by atoms with van der Waals surface area (Å²) in [7, 11) is 3.43. The highest BCUT2D eigenvalue weighted by atomic mass is 16.5. The van der Waals surface area contributed by atoms with Gasteiger partial charge in [0.05, 0.1) is 13.2 Å². The Balaban J connectivity index is 2.99. The van der Waals surface area contributed by atoms with E-state index in [4.69, 9.17) is 4.74 Å². The van der Waals surface area contributed by atoms with Gasteiger partial charge in [0.15, 0.2) is 0 Å². The maximum Gasteiger partial charge on any atom is 0.219 e. The van der Waals surface area contributed by atoms with Gasteiger partial charge in [-0.15, -0.1) is 0 Å². The lowest BCUT2D eigenvalue weighted by atomic mass is 10.1. The van der Waals surface area contributed by atoms with Gasteiger partial charge in [0.25, 0.3) is 0 Å². The fourth-order valence-electron chi connectivity index (χ4n) is 1.49. The van der Waals surface area contributed by atoms with Gasteiger partial charge in [-0.3, -0.25) is 4.79 Å². The molecule has 0 N–H and O–H groups in total. The van der Waals surface area contributed by atoms with Crippen LogP contribution in [-0.4, -0.2) is 25.0 Å². The topological polar surface area (TPSA) is 29.5 Å². The number of rotatable bonds is 3. The molecule has 0 bridgehead atoms. The van der Waals surface area contributed by atoms with Crippen LogP contribution in [0.5, 0.6) is 5.75 Å². The van der Waals surface area contributed by atoms with E-state index >= 15 is 0 Å². The molecule has 0 spiro atoms. The van der Waals surface area contributed by atoms with Gasteiger partial charge >= 0.3 is 0 Å². The first kappa shape index (κ1) is 11.6. The second-order valence-electron chi connectivity index (χ2n) is 3.55. The Bertz CT molecular complexity index is 349. The molecule has 0 heterocycles. The van der Waals surface area contributed by atoms with Crippen LogP contribution in [0, 0.1) is 0 Å². The highest BCUT2D eigenvalue weighted by Crippen LogP contribution is 2.27. The van der Waals surface area contributed by atoms with E-state index in [1.54, 1.807) is 26.0 Å². The average molecular weight is 207 g/mol. The molecule has 3 nitrogen and oxygen atoms in total. The van der Waals surface area contributed by atoms with Crippen molar-refractivity contribution >= 4 is 5.91 Å². The first-order valence-corrected chi connectivity index (χ1v) is 4.94. The fraction of sp³-hybridized carbons (Fsp3) is 0.417. The maximum atomic E-state index is 11.2. The van der Waals surface area contributed by atoms with Crippen LogP contribution in [0.3, 0.4) is 0 Å². The average Bonchev–Trinajstić information content (AvgIpc) is 2.26. The van der Waals surface area contributed by atoms with Gasteiger partial charge in [-0.05, 0) is 13.0 Å². The van der Waals surface area contributed by atoms with Crippen molar-refractivity contribution in [2.75, 3.05) is 14.2 Å². The lowest BCUT2D eigenvalue weighted by molar-refractivity contribution is -0.129. The van der Waals surface area contributed by atoms with E-state index in [2.05, 4.69) is 0 Å². The van der Waals surface area contributed by atoms with E-state index in [1.807, 2.05) is 31.2 Å². The zero-order chi connectivity index (χ0) is 11.4. The Morgan fingerprint density at radius 3 is 2.53 bits per heavy atom. The highest BCUT2D eigenvalue weighted by molar-refractivity contribution is 5.73. The number of carbonyl (C=O) groups excluding carboxylic acids is 1. The van der Waals surface area contributed by atoms with Gasteiger partial charge in [-0.2, -0.15) is 0 Å². The lowest BCUT2D eigenvalue weighted by Gasteiger charge is -2.25. The van der Waals surface area contributed by atoms with Crippen molar-refractivity contribution in [3.8, 4) is 5.75 Å². The number of para-hydroxylation sites is 1. The first-order chi connectivity index (χ1) is 7.07. The normalized spacial score (nSPS) is 12.0. The minimum atomic E-state index is 0.0265. The number of benzene rings is 1. The zero-order valence-electron chi connectivity index (χ0n) is 9.65. The van der Waals surface area contributed by atoms with Crippen LogP contribution in [-0.2, 0) is 4.79 Å². The third-order valence-electron chi connectivity index (χ3n) is 2.67. The quantitative estimate of drug-likeness (QED) is 0.760. The highest BCUT2D eigenvalue weighted by Gasteiger charge is 2.16. The molecule has 1 amide bonds. The van der Waals surface area contributed by atoms with Crippen LogP contribution in [0.4, 0.5) is 0 Å². The zero-order valence-corrected chi connectivity index (χ0v) is 9.65. The summed E-state index contributed by atoms with van der Waals surface area (Å²) in [6.45, 7) is 3.55. The van der Waals surface area contributed by atoms with E-state index in [-0.39, 0.29) is 11.9 Å². The largest absolute Gasteiger partial charge is 0.496 e. The number of ether oxygens (including phenoxy) is 1. The van der Waals surface area contributed by atoms with Crippen molar-refractivity contribution < 1.29 is 9.53 Å². The van der Waals surface area contributed by atoms with Crippen molar-refractivity contribution in [1.82, 2.24) is 4.90 Å². The van der Waals surface area contributed by atoms with Gasteiger partial charge in [0.1, 0.15) is 5.75 Å². The van der Waals surface area contributed by atoms with Crippen molar-refractivity contribution in [1.29, 1.82) is 0 Å². The molecule has 0 aliphatic carbocycles. The summed E-state index contributed by atoms with van der Waals surface area (Å²) in [6, 6.07) is 7.77. The van der Waals surface area contributed by atoms with Crippen molar-refractivity contribution in [3.63, 3.8) is 0 Å². The van der Waals surface area contributed by atoms with E-state index in [0.717, 1.165) is 11.3 Å². The Morgan fingerprint density at radius 1 is 1.40 bits per heavy atom. The standard InChI is InChI=1S/C12H17NO2/c1-9(13(3)10(2)14)11-7-5-6-8-12(11)15-4/h5-9H,1-4H3. The van der Waals surface area contributed by atoms with Crippen molar-refractivity contribution in [3.05, 3.63) is 29.8 Å². The molecule has 1 aromatic rings. The minimum Gasteiger partial charge on any atom is -0.496 e. The van der Waals surface area contributed by atoms with Gasteiger partial charge in [0, 0.05) is 19.5 Å². The first-order valence-electron chi connectivity index (χ1n) is 4.94. The van der Waals surface area contributed by atoms with Gasteiger partial charge in [-0.1, -0.05) is 18.2 Å². The molecular formula is C12H17NO2. The van der Waals surface area contributed by atoms with Crippen LogP contribution in [0.25, 0.3) is 0 Å². The molecule has 82 valence electrons. The number of hydrogen-bond donors (Lipinski definition) is 0. The fourth-order valence-corrected chi connectivity index (χ4v) is 1.49. The summed E-state index contributed by atoms with van der Waals surface area (Å²) >= 11 is 0. The number of nitrogens with zero attached hydrogens (tertiary/aromatic N) is 1. The Labute approximate surface area is 90.7 Å². The molecule has 15 heavy (non-hydrogen) atoms. The summed E-state index contributed by atoms with van der Waals surface area (Å²) in [5.41, 5.74) is 1.03. The number of amides is 1. The van der Waals surface area contributed by atoms with E-state index in [0.29, 0.717) is 0 Å². The predicted molar refractivity (Wildman–Crippen MR) is 59.9 cm³/mol. The third kappa shape index (κ3) is 2.49. The smallest absolute Gasteiger partial charge is 0.219 e. The second-order valence-corrected chi connectivity index (χ2v) is 3.55. The Morgan fingerprint density at radius 2 is 2.00 bits per heavy atom. The van der Waals surface area contributed by atoms with E-state index in [1.165, 1.54) is 0 Å². The predicted octanol–water partition coefficient (Wildman–Crippen LogP) is 2.23. The Hall–Kier alpha value is -1.51. The third-order valence-corrected chi connectivity index (χ3v) is 2.67. The molecular weight excluding hydrogens is 190 g/mol. The summed E-state index contributed by atoms with van der Waals surface area (Å²) in [4.78, 5) is 12.9. The molecule has 1 rings (SSSR count). The van der Waals surface area contributed by atoms with Gasteiger partial charge < -0.3 is 9.64 Å². The Kier molecular flexibility index (Phi) is 3.72. The van der Waals surface area contributed by atoms with Crippen LogP contribution in [0.15, 0.2) is 24.3 Å². The van der Waals surface area contributed by atoms with Crippen LogP contribution < -0.4 is 4.74 Å². The van der Waals surface area contributed by atoms with E-state index < -0.39 is 0 Å². The van der Waals surface area contributed by atoms with Gasteiger partial charge in [0.2, 0.25) is 5.91 Å². The summed E-state index contributed by atoms with van der Waals surface area (Å²) in [6.07, 6.45) is 0. The molecule has 0 radical (unpaired) electrons. The van der Waals surface area contributed by atoms with E-state index in [9.17, 15) is 4.79 Å². The molecule has 0 saturated carbocycles. The maximum absolute atomic E-state index is 11.2. The van der Waals surface area contributed by atoms with Crippen molar-refractivity contribution in [2.45, 2.75) is 19.9 Å². The second kappa shape index (κ2) is 4.82. The summed E-state index contributed by atoms with van der Waals surface area (Å²) < 4.78 is 5.26. The molecule has 0 aromatic heterocycles. The number of hydrogen-bond acceptors (Lipinski definition) is 2. The monoisotopic (exact) mass is 207 g/mol. The van der Waals surface area contributed by atoms with Crippen LogP contribution in [0.1, 0.15) is 25.5 Å². The molecule has 0 aliphatic heterocycles. The minimum absolute atomic E-state index is 0.0265. The summed E-state index contributed by atoms with van der Waals surface area (Å²) in [5.74, 6) is 0.867. The summed E-state index contributed by atoms with van der Waals surface area (Å²) in [5, 5.41) is 0. The molecule has 1 atom stereocenters. The lowest BCUT2D eigenvalue weighted by Crippen LogP contribution is -2.27. The molecule has 1 unspecified atom stereocenters. The molecule has 1 aromatic carbocycles. The number of carbonyl (C=O) groups is 1. The molecule has 3 heteroatoms. The molecule has 0 saturated heterocycles. The van der Waals surface area contributed by atoms with Gasteiger partial charge in [-0.25, -0.2) is 0 Å². The van der Waals surface area contributed by atoms with Crippen LogP contribution in [0.2, 0.25) is 0 Å². The van der Waals surface area contributed by atoms with Crippen molar-refractivity contribution in [2.24, 2.45) is 0 Å². The molecule has 0 aliphatic rings. The van der Waals surface area contributed by atoms with Crippen LogP contribution >= 0.6 is 0 Å². The molecule has 0 fully saturated rings. The number of methoxy groups -OCH3 is 1. The SMILES string of the molecule is COc1ccccc1C(C)N(C)C(C)=O.